The predicted octanol–water partition coefficient (Wildman–Crippen LogP) is 5.77. The predicted molar refractivity (Wildman–Crippen MR) is 147 cm³/mol. The lowest BCUT2D eigenvalue weighted by Crippen LogP contribution is -2.41. The number of nitrogens with zero attached hydrogens (tertiary/aromatic N) is 2. The van der Waals surface area contributed by atoms with Gasteiger partial charge >= 0.3 is 0 Å². The molecule has 0 aliphatic rings. The van der Waals surface area contributed by atoms with Gasteiger partial charge in [0.2, 0.25) is 0 Å². The fourth-order valence-electron chi connectivity index (χ4n) is 4.16. The maximum Gasteiger partial charge on any atom is 0.260 e. The molecule has 3 aromatic heterocycles. The number of pyridine rings is 2. The zero-order valence-corrected chi connectivity index (χ0v) is 23.1. The molecule has 10 heteroatoms. The van der Waals surface area contributed by atoms with E-state index in [1.807, 2.05) is 26.0 Å². The Balaban J connectivity index is 1.85. The van der Waals surface area contributed by atoms with E-state index in [0.717, 1.165) is 5.56 Å². The van der Waals surface area contributed by atoms with E-state index in [4.69, 9.17) is 16.0 Å². The van der Waals surface area contributed by atoms with Crippen LogP contribution >= 0.6 is 11.6 Å². The third-order valence-electron chi connectivity index (χ3n) is 5.68. The first-order valence-electron chi connectivity index (χ1n) is 11.7. The van der Waals surface area contributed by atoms with Gasteiger partial charge in [-0.15, -0.1) is 0 Å². The summed E-state index contributed by atoms with van der Waals surface area (Å²) in [4.78, 5) is 21.6. The fraction of sp³-hybridized carbons (Fsp3) is 0.296. The number of aromatic nitrogens is 2. The Labute approximate surface area is 221 Å². The molecule has 0 aliphatic heterocycles. The number of hydrogen-bond acceptors (Lipinski definition) is 7. The van der Waals surface area contributed by atoms with Crippen LogP contribution in [0.2, 0.25) is 5.15 Å². The minimum Gasteiger partial charge on any atom is -0.455 e. The van der Waals surface area contributed by atoms with Crippen LogP contribution in [0.5, 0.6) is 0 Å². The van der Waals surface area contributed by atoms with Gasteiger partial charge in [-0.2, -0.15) is 0 Å². The number of hydrogen-bond donors (Lipinski definition) is 2. The van der Waals surface area contributed by atoms with Crippen molar-refractivity contribution in [2.24, 2.45) is 0 Å². The number of benzene rings is 1. The molecular weight excluding hydrogens is 512 g/mol. The van der Waals surface area contributed by atoms with Crippen LogP contribution in [0.1, 0.15) is 50.4 Å². The molecule has 37 heavy (non-hydrogen) atoms. The van der Waals surface area contributed by atoms with Crippen LogP contribution in [0.3, 0.4) is 0 Å². The highest BCUT2D eigenvalue weighted by Gasteiger charge is 2.28. The molecule has 0 saturated carbocycles. The van der Waals surface area contributed by atoms with Crippen LogP contribution in [-0.2, 0) is 10.0 Å². The topological polar surface area (TPSA) is 114 Å². The van der Waals surface area contributed by atoms with Crippen LogP contribution in [0, 0.1) is 13.8 Å². The van der Waals surface area contributed by atoms with Crippen molar-refractivity contribution in [1.29, 1.82) is 0 Å². The molecule has 0 saturated heterocycles. The molecule has 0 amide bonds. The maximum atomic E-state index is 13.4. The molecular formula is C27H29ClN4O4S. The van der Waals surface area contributed by atoms with E-state index in [2.05, 4.69) is 20.0 Å². The van der Waals surface area contributed by atoms with Gasteiger partial charge in [0.1, 0.15) is 16.5 Å². The Morgan fingerprint density at radius 3 is 2.49 bits per heavy atom. The Hall–Kier alpha value is -3.27. The zero-order valence-electron chi connectivity index (χ0n) is 21.5. The second-order valence-electron chi connectivity index (χ2n) is 10.1. The monoisotopic (exact) mass is 540 g/mol. The van der Waals surface area contributed by atoms with E-state index < -0.39 is 21.6 Å². The molecule has 0 fully saturated rings. The molecule has 1 aromatic carbocycles. The highest BCUT2D eigenvalue weighted by atomic mass is 35.5. The highest BCUT2D eigenvalue weighted by Crippen LogP contribution is 2.33. The molecule has 0 spiro atoms. The number of halogens is 1. The third-order valence-corrected chi connectivity index (χ3v) is 7.59. The summed E-state index contributed by atoms with van der Waals surface area (Å²) in [5, 5.41) is 3.53. The van der Waals surface area contributed by atoms with Gasteiger partial charge in [-0.1, -0.05) is 17.7 Å². The largest absolute Gasteiger partial charge is 0.455 e. The van der Waals surface area contributed by atoms with Crippen molar-refractivity contribution in [3.05, 3.63) is 80.9 Å². The van der Waals surface area contributed by atoms with Crippen LogP contribution in [0.4, 0.5) is 5.69 Å². The van der Waals surface area contributed by atoms with Crippen LogP contribution in [-0.4, -0.2) is 23.9 Å². The number of aryl methyl sites for hydroxylation is 1. The lowest BCUT2D eigenvalue weighted by atomic mass is 9.99. The SMILES string of the molecule is Cc1cc(C(C)Nc2ccc(Cl)nc2S(=O)(=O)NC(C)(C)C)c2oc(-c3cccnc3)c(C)c(=O)c2c1. The molecule has 3 heterocycles. The minimum absolute atomic E-state index is 0.0519. The van der Waals surface area contributed by atoms with E-state index in [1.54, 1.807) is 58.3 Å². The molecule has 1 unspecified atom stereocenters. The zero-order chi connectivity index (χ0) is 27.1. The van der Waals surface area contributed by atoms with E-state index >= 15 is 0 Å². The smallest absolute Gasteiger partial charge is 0.260 e. The Bertz CT molecular complexity index is 1650. The summed E-state index contributed by atoms with van der Waals surface area (Å²) in [6, 6.07) is 9.95. The van der Waals surface area contributed by atoms with Crippen LogP contribution < -0.4 is 15.5 Å². The van der Waals surface area contributed by atoms with Gasteiger partial charge in [0, 0.05) is 34.6 Å². The van der Waals surface area contributed by atoms with E-state index in [-0.39, 0.29) is 21.3 Å². The molecule has 1 atom stereocenters. The number of rotatable bonds is 6. The number of anilines is 1. The van der Waals surface area contributed by atoms with E-state index in [0.29, 0.717) is 33.4 Å². The fourth-order valence-corrected chi connectivity index (χ4v) is 5.89. The van der Waals surface area contributed by atoms with Crippen molar-refractivity contribution < 1.29 is 12.8 Å². The summed E-state index contributed by atoms with van der Waals surface area (Å²) in [6.07, 6.45) is 3.30. The van der Waals surface area contributed by atoms with Crippen molar-refractivity contribution >= 4 is 38.3 Å². The second kappa shape index (κ2) is 9.89. The lowest BCUT2D eigenvalue weighted by Gasteiger charge is -2.23. The summed E-state index contributed by atoms with van der Waals surface area (Å²) in [5.74, 6) is 0.439. The van der Waals surface area contributed by atoms with Gasteiger partial charge in [0.15, 0.2) is 10.5 Å². The van der Waals surface area contributed by atoms with Gasteiger partial charge in [0.25, 0.3) is 10.0 Å². The summed E-state index contributed by atoms with van der Waals surface area (Å²) < 4.78 is 35.3. The molecule has 0 aliphatic carbocycles. The summed E-state index contributed by atoms with van der Waals surface area (Å²) >= 11 is 6.07. The van der Waals surface area contributed by atoms with Crippen LogP contribution in [0.25, 0.3) is 22.3 Å². The minimum atomic E-state index is -3.99. The first-order valence-corrected chi connectivity index (χ1v) is 13.6. The third kappa shape index (κ3) is 5.69. The van der Waals surface area contributed by atoms with Crippen molar-refractivity contribution in [2.75, 3.05) is 5.32 Å². The standard InChI is InChI=1S/C27H29ClN4O4S/c1-15-12-19(25-20(13-15)23(33)16(2)24(36-25)18-8-7-11-29-14-18)17(3)30-21-9-10-22(28)31-26(21)37(34,35)32-27(4,5)6/h7-14,17,30,32H,1-6H3. The first-order chi connectivity index (χ1) is 17.3. The molecule has 194 valence electrons. The normalized spacial score (nSPS) is 13.1. The van der Waals surface area contributed by atoms with Crippen molar-refractivity contribution in [2.45, 2.75) is 58.1 Å². The van der Waals surface area contributed by atoms with Crippen molar-refractivity contribution in [1.82, 2.24) is 14.7 Å². The number of fused-ring (bicyclic) bond motifs is 1. The van der Waals surface area contributed by atoms with Gasteiger partial charge in [-0.05, 0) is 77.4 Å². The molecule has 8 nitrogen and oxygen atoms in total. The average molecular weight is 541 g/mol. The van der Waals surface area contributed by atoms with Crippen molar-refractivity contribution in [3.63, 3.8) is 0 Å². The quantitative estimate of drug-likeness (QED) is 0.298. The molecule has 0 radical (unpaired) electrons. The highest BCUT2D eigenvalue weighted by molar-refractivity contribution is 7.89. The maximum absolute atomic E-state index is 13.4. The second-order valence-corrected chi connectivity index (χ2v) is 12.1. The van der Waals surface area contributed by atoms with E-state index in [1.165, 1.54) is 6.07 Å². The Morgan fingerprint density at radius 2 is 1.84 bits per heavy atom. The first kappa shape index (κ1) is 26.8. The van der Waals surface area contributed by atoms with Crippen LogP contribution in [0.15, 0.2) is 63.0 Å². The molecule has 4 rings (SSSR count). The number of sulfonamides is 1. The summed E-state index contributed by atoms with van der Waals surface area (Å²) in [5.41, 5.74) is 2.57. The van der Waals surface area contributed by atoms with Gasteiger partial charge in [-0.3, -0.25) is 9.78 Å². The molecule has 4 aromatic rings. The van der Waals surface area contributed by atoms with Crippen molar-refractivity contribution in [3.8, 4) is 11.3 Å². The lowest BCUT2D eigenvalue weighted by molar-refractivity contribution is 0.490. The summed E-state index contributed by atoms with van der Waals surface area (Å²) in [6.45, 7) is 10.7. The number of nitrogens with one attached hydrogen (secondary N) is 2. The van der Waals surface area contributed by atoms with Gasteiger partial charge in [0.05, 0.1) is 17.1 Å². The average Bonchev–Trinajstić information content (AvgIpc) is 2.81. The van der Waals surface area contributed by atoms with Gasteiger partial charge < -0.3 is 9.73 Å². The summed E-state index contributed by atoms with van der Waals surface area (Å²) in [7, 11) is -3.99. The molecule has 2 N–H and O–H groups in total. The Morgan fingerprint density at radius 1 is 1.11 bits per heavy atom. The van der Waals surface area contributed by atoms with Gasteiger partial charge in [-0.25, -0.2) is 18.1 Å². The van der Waals surface area contributed by atoms with E-state index in [9.17, 15) is 13.2 Å². The molecule has 0 bridgehead atoms. The Kier molecular flexibility index (Phi) is 7.16.